The van der Waals surface area contributed by atoms with Crippen LogP contribution in [0, 0.1) is 5.92 Å². The van der Waals surface area contributed by atoms with E-state index in [0.29, 0.717) is 6.61 Å². The number of hydrogen-bond donors (Lipinski definition) is 1. The first-order valence-electron chi connectivity index (χ1n) is 4.76. The molecule has 0 aliphatic rings. The number of aromatic nitrogens is 1. The van der Waals surface area contributed by atoms with Crippen LogP contribution in [-0.2, 0) is 6.18 Å². The van der Waals surface area contributed by atoms with Gasteiger partial charge in [0, 0.05) is 6.07 Å². The summed E-state index contributed by atoms with van der Waals surface area (Å²) in [6, 6.07) is 1.63. The third kappa shape index (κ3) is 3.60. The van der Waals surface area contributed by atoms with E-state index in [2.05, 4.69) is 4.98 Å². The molecule has 0 atom stereocenters. The van der Waals surface area contributed by atoms with Crippen molar-refractivity contribution in [1.29, 1.82) is 0 Å². The van der Waals surface area contributed by atoms with Crippen molar-refractivity contribution >= 4 is 5.82 Å². The predicted molar refractivity (Wildman–Crippen MR) is 54.0 cm³/mol. The van der Waals surface area contributed by atoms with Gasteiger partial charge < -0.3 is 10.5 Å². The quantitative estimate of drug-likeness (QED) is 0.874. The summed E-state index contributed by atoms with van der Waals surface area (Å²) in [5, 5.41) is 0. The van der Waals surface area contributed by atoms with Gasteiger partial charge >= 0.3 is 6.18 Å². The Balaban J connectivity index is 2.90. The lowest BCUT2D eigenvalue weighted by molar-refractivity contribution is -0.137. The Kier molecular flexibility index (Phi) is 3.62. The molecule has 0 spiro atoms. The lowest BCUT2D eigenvalue weighted by atomic mass is 10.2. The molecule has 2 N–H and O–H groups in total. The number of pyridine rings is 1. The van der Waals surface area contributed by atoms with Crippen LogP contribution in [0.2, 0.25) is 0 Å². The summed E-state index contributed by atoms with van der Waals surface area (Å²) in [4.78, 5) is 3.67. The van der Waals surface area contributed by atoms with E-state index >= 15 is 0 Å². The van der Waals surface area contributed by atoms with Crippen LogP contribution < -0.4 is 10.5 Å². The number of halogens is 3. The molecule has 6 heteroatoms. The number of nitrogen functional groups attached to an aromatic ring is 1. The average molecular weight is 234 g/mol. The smallest absolute Gasteiger partial charge is 0.416 e. The van der Waals surface area contributed by atoms with E-state index < -0.39 is 11.7 Å². The van der Waals surface area contributed by atoms with Gasteiger partial charge in [0.1, 0.15) is 5.82 Å². The highest BCUT2D eigenvalue weighted by Gasteiger charge is 2.31. The summed E-state index contributed by atoms with van der Waals surface area (Å²) in [7, 11) is 0. The summed E-state index contributed by atoms with van der Waals surface area (Å²) in [5.41, 5.74) is 4.42. The molecule has 1 aromatic heterocycles. The molecule has 0 fully saturated rings. The van der Waals surface area contributed by atoms with Gasteiger partial charge in [-0.15, -0.1) is 0 Å². The zero-order chi connectivity index (χ0) is 12.3. The highest BCUT2D eigenvalue weighted by molar-refractivity contribution is 5.38. The maximum atomic E-state index is 12.4. The molecular weight excluding hydrogens is 221 g/mol. The van der Waals surface area contributed by atoms with E-state index in [1.165, 1.54) is 0 Å². The van der Waals surface area contributed by atoms with Crippen molar-refractivity contribution in [1.82, 2.24) is 4.98 Å². The molecule has 0 aromatic carbocycles. The molecule has 1 heterocycles. The van der Waals surface area contributed by atoms with Gasteiger partial charge in [-0.05, 0) is 12.0 Å². The zero-order valence-electron chi connectivity index (χ0n) is 9.01. The predicted octanol–water partition coefficient (Wildman–Crippen LogP) is 2.72. The second-order valence-corrected chi connectivity index (χ2v) is 3.82. The van der Waals surface area contributed by atoms with Crippen LogP contribution in [0.15, 0.2) is 12.1 Å². The molecule has 1 aromatic rings. The Morgan fingerprint density at radius 2 is 2.00 bits per heavy atom. The Morgan fingerprint density at radius 1 is 1.38 bits per heavy atom. The summed E-state index contributed by atoms with van der Waals surface area (Å²) in [6.07, 6.45) is -4.44. The van der Waals surface area contributed by atoms with Gasteiger partial charge in [0.2, 0.25) is 5.88 Å². The zero-order valence-corrected chi connectivity index (χ0v) is 9.01. The van der Waals surface area contributed by atoms with Crippen molar-refractivity contribution in [2.45, 2.75) is 20.0 Å². The normalized spacial score (nSPS) is 11.9. The minimum Gasteiger partial charge on any atom is -0.477 e. The number of nitrogens with two attached hydrogens (primary N) is 1. The third-order valence-corrected chi connectivity index (χ3v) is 1.71. The van der Waals surface area contributed by atoms with Crippen molar-refractivity contribution in [3.63, 3.8) is 0 Å². The SMILES string of the molecule is CC(C)COc1cc(C(F)(F)F)cc(N)n1. The highest BCUT2D eigenvalue weighted by atomic mass is 19.4. The Labute approximate surface area is 91.4 Å². The molecular formula is C10H13F3N2O. The number of rotatable bonds is 3. The van der Waals surface area contributed by atoms with E-state index in [1.54, 1.807) is 0 Å². The molecule has 0 saturated carbocycles. The maximum Gasteiger partial charge on any atom is 0.416 e. The van der Waals surface area contributed by atoms with Crippen molar-refractivity contribution in [2.75, 3.05) is 12.3 Å². The molecule has 0 aliphatic carbocycles. The average Bonchev–Trinajstić information content (AvgIpc) is 2.12. The largest absolute Gasteiger partial charge is 0.477 e. The van der Waals surface area contributed by atoms with Gasteiger partial charge in [0.25, 0.3) is 0 Å². The van der Waals surface area contributed by atoms with Crippen LogP contribution in [-0.4, -0.2) is 11.6 Å². The molecule has 0 bridgehead atoms. The van der Waals surface area contributed by atoms with E-state index in [0.717, 1.165) is 12.1 Å². The fourth-order valence-electron chi connectivity index (χ4n) is 1.02. The van der Waals surface area contributed by atoms with E-state index in [1.807, 2.05) is 13.8 Å². The van der Waals surface area contributed by atoms with Gasteiger partial charge in [-0.3, -0.25) is 0 Å². The number of alkyl halides is 3. The standard InChI is InChI=1S/C10H13F3N2O/c1-6(2)5-16-9-4-7(10(11,12)13)3-8(14)15-9/h3-4,6H,5H2,1-2H3,(H2,14,15). The topological polar surface area (TPSA) is 48.1 Å². The van der Waals surface area contributed by atoms with Gasteiger partial charge in [-0.25, -0.2) is 0 Å². The van der Waals surface area contributed by atoms with E-state index in [4.69, 9.17) is 10.5 Å². The molecule has 0 amide bonds. The summed E-state index contributed by atoms with van der Waals surface area (Å²) in [6.45, 7) is 4.07. The van der Waals surface area contributed by atoms with Crippen molar-refractivity contribution in [3.05, 3.63) is 17.7 Å². The van der Waals surface area contributed by atoms with Crippen LogP contribution in [0.25, 0.3) is 0 Å². The minimum atomic E-state index is -4.44. The van der Waals surface area contributed by atoms with Crippen LogP contribution >= 0.6 is 0 Å². The molecule has 0 aliphatic heterocycles. The minimum absolute atomic E-state index is 0.0963. The second kappa shape index (κ2) is 4.59. The molecule has 3 nitrogen and oxygen atoms in total. The van der Waals surface area contributed by atoms with Gasteiger partial charge in [0.15, 0.2) is 0 Å². The first-order valence-corrected chi connectivity index (χ1v) is 4.76. The lowest BCUT2D eigenvalue weighted by Crippen LogP contribution is -2.10. The number of ether oxygens (including phenoxy) is 1. The van der Waals surface area contributed by atoms with E-state index in [9.17, 15) is 13.2 Å². The fourth-order valence-corrected chi connectivity index (χ4v) is 1.02. The molecule has 1 rings (SSSR count). The molecule has 0 saturated heterocycles. The molecule has 90 valence electrons. The molecule has 16 heavy (non-hydrogen) atoms. The number of anilines is 1. The van der Waals surface area contributed by atoms with Crippen molar-refractivity contribution in [2.24, 2.45) is 5.92 Å². The van der Waals surface area contributed by atoms with Gasteiger partial charge in [0.05, 0.1) is 12.2 Å². The second-order valence-electron chi connectivity index (χ2n) is 3.82. The van der Waals surface area contributed by atoms with Gasteiger partial charge in [-0.2, -0.15) is 18.2 Å². The van der Waals surface area contributed by atoms with Gasteiger partial charge in [-0.1, -0.05) is 13.8 Å². The summed E-state index contributed by atoms with van der Waals surface area (Å²) in [5.74, 6) is -0.0906. The summed E-state index contributed by atoms with van der Waals surface area (Å²) >= 11 is 0. The molecule has 0 radical (unpaired) electrons. The number of nitrogens with zero attached hydrogens (tertiary/aromatic N) is 1. The third-order valence-electron chi connectivity index (χ3n) is 1.71. The Bertz CT molecular complexity index is 364. The van der Waals surface area contributed by atoms with Crippen molar-refractivity contribution in [3.8, 4) is 5.88 Å². The van der Waals surface area contributed by atoms with Crippen LogP contribution in [0.5, 0.6) is 5.88 Å². The monoisotopic (exact) mass is 234 g/mol. The fraction of sp³-hybridized carbons (Fsp3) is 0.500. The van der Waals surface area contributed by atoms with Crippen molar-refractivity contribution < 1.29 is 17.9 Å². The first-order chi connectivity index (χ1) is 7.29. The van der Waals surface area contributed by atoms with Crippen LogP contribution in [0.3, 0.4) is 0 Å². The van der Waals surface area contributed by atoms with Crippen LogP contribution in [0.1, 0.15) is 19.4 Å². The summed E-state index contributed by atoms with van der Waals surface area (Å²) < 4.78 is 42.3. The molecule has 0 unspecified atom stereocenters. The highest BCUT2D eigenvalue weighted by Crippen LogP contribution is 2.32. The van der Waals surface area contributed by atoms with Crippen LogP contribution in [0.4, 0.5) is 19.0 Å². The maximum absolute atomic E-state index is 12.4. The van der Waals surface area contributed by atoms with E-state index in [-0.39, 0.29) is 17.6 Å². The first kappa shape index (κ1) is 12.6. The number of hydrogen-bond acceptors (Lipinski definition) is 3. The Hall–Kier alpha value is -1.46. The Morgan fingerprint density at radius 3 is 2.50 bits per heavy atom. The lowest BCUT2D eigenvalue weighted by Gasteiger charge is -2.11.